The number of rotatable bonds is 7. The third kappa shape index (κ3) is 4.69. The van der Waals surface area contributed by atoms with Gasteiger partial charge in [-0.05, 0) is 45.9 Å². The standard InChI is InChI=1S/C37H40N6O7/c1-17-33(47-4)19-13-25-30-29-20(34(48-5)18(2)36(50-7)32(29)45)12-24(42(30)3)26(14-38)43(25)27(28(19)31(44)35(17)49-6)16-40-37(46)23-15-39-21-10-8-9-11-22(21)41-23/h8-11,15,24-27,30,44-45H,12-13,16H2,1-7H3,(H,40,46)/t24-,25-,26-,27-,30-/m0/s1. The molecule has 1 amide bonds. The molecule has 0 unspecified atom stereocenters. The van der Waals surface area contributed by atoms with Crippen LogP contribution in [0.5, 0.6) is 34.5 Å². The zero-order valence-corrected chi connectivity index (χ0v) is 29.1. The van der Waals surface area contributed by atoms with E-state index in [4.69, 9.17) is 18.9 Å². The van der Waals surface area contributed by atoms with E-state index in [9.17, 15) is 20.3 Å². The molecule has 0 spiro atoms. The monoisotopic (exact) mass is 680 g/mol. The molecular formula is C37H40N6O7. The number of methoxy groups -OCH3 is 4. The molecule has 2 bridgehead atoms. The van der Waals surface area contributed by atoms with Crippen molar-refractivity contribution < 1.29 is 34.0 Å². The Balaban J connectivity index is 1.41. The number of piperazine rings is 1. The molecule has 7 rings (SSSR count). The van der Waals surface area contributed by atoms with Crippen LogP contribution in [0.4, 0.5) is 0 Å². The predicted molar refractivity (Wildman–Crippen MR) is 183 cm³/mol. The fourth-order valence-electron chi connectivity index (χ4n) is 8.76. The van der Waals surface area contributed by atoms with E-state index in [1.54, 1.807) is 20.3 Å². The van der Waals surface area contributed by atoms with Crippen LogP contribution in [0.3, 0.4) is 0 Å². The van der Waals surface area contributed by atoms with E-state index in [2.05, 4.69) is 31.2 Å². The molecule has 0 aliphatic carbocycles. The van der Waals surface area contributed by atoms with Crippen molar-refractivity contribution in [1.82, 2.24) is 25.1 Å². The number of nitrogens with zero attached hydrogens (tertiary/aromatic N) is 5. The minimum absolute atomic E-state index is 0.0144. The molecule has 1 saturated heterocycles. The largest absolute Gasteiger partial charge is 0.504 e. The van der Waals surface area contributed by atoms with Gasteiger partial charge in [0.05, 0.1) is 63.8 Å². The van der Waals surface area contributed by atoms with E-state index in [0.29, 0.717) is 63.4 Å². The van der Waals surface area contributed by atoms with Gasteiger partial charge in [0.25, 0.3) is 5.91 Å². The Kier molecular flexibility index (Phi) is 8.32. The van der Waals surface area contributed by atoms with Crippen LogP contribution in [0, 0.1) is 25.2 Å². The lowest BCUT2D eigenvalue weighted by Crippen LogP contribution is -2.68. The van der Waals surface area contributed by atoms with Gasteiger partial charge >= 0.3 is 0 Å². The van der Waals surface area contributed by atoms with Crippen molar-refractivity contribution in [2.24, 2.45) is 0 Å². The average Bonchev–Trinajstić information content (AvgIpc) is 3.11. The Morgan fingerprint density at radius 1 is 0.900 bits per heavy atom. The highest BCUT2D eigenvalue weighted by atomic mass is 16.5. The lowest BCUT2D eigenvalue weighted by atomic mass is 9.71. The third-order valence-corrected chi connectivity index (χ3v) is 10.8. The van der Waals surface area contributed by atoms with Crippen molar-refractivity contribution in [2.45, 2.75) is 56.9 Å². The number of fused-ring (bicyclic) bond motifs is 8. The topological polar surface area (TPSA) is 163 Å². The first kappa shape index (κ1) is 33.2. The second-order valence-electron chi connectivity index (χ2n) is 13.0. The lowest BCUT2D eigenvalue weighted by Gasteiger charge is -2.60. The molecular weight excluding hydrogens is 640 g/mol. The van der Waals surface area contributed by atoms with Gasteiger partial charge in [-0.2, -0.15) is 5.26 Å². The molecule has 0 radical (unpaired) electrons. The van der Waals surface area contributed by atoms with E-state index in [0.717, 1.165) is 11.1 Å². The van der Waals surface area contributed by atoms with Gasteiger partial charge in [0.2, 0.25) is 0 Å². The lowest BCUT2D eigenvalue weighted by molar-refractivity contribution is -0.0724. The van der Waals surface area contributed by atoms with Crippen molar-refractivity contribution in [3.05, 3.63) is 69.5 Å². The Hall–Kier alpha value is -5.32. The molecule has 1 aromatic heterocycles. The molecule has 1 fully saturated rings. The van der Waals surface area contributed by atoms with Gasteiger partial charge in [-0.3, -0.25) is 19.6 Å². The average molecular weight is 681 g/mol. The number of carbonyl (C=O) groups is 1. The van der Waals surface area contributed by atoms with Crippen molar-refractivity contribution in [1.29, 1.82) is 5.26 Å². The molecule has 13 nitrogen and oxygen atoms in total. The minimum Gasteiger partial charge on any atom is -0.504 e. The van der Waals surface area contributed by atoms with Crippen LogP contribution >= 0.6 is 0 Å². The van der Waals surface area contributed by atoms with E-state index in [1.165, 1.54) is 20.4 Å². The SMILES string of the molecule is COc1c(C)c(OC)c2c(c1O)[C@@H]1[C@@H]3Cc4c(OC)c(C)c(OC)c(O)c4[C@H](CNC(=O)c4cnc5ccccc5n4)N3[C@@H](C#N)[C@H](C2)N1C. The highest BCUT2D eigenvalue weighted by Gasteiger charge is 2.57. The number of nitriles is 1. The summed E-state index contributed by atoms with van der Waals surface area (Å²) in [6.45, 7) is 3.68. The highest BCUT2D eigenvalue weighted by Crippen LogP contribution is 2.58. The quantitative estimate of drug-likeness (QED) is 0.259. The Bertz CT molecular complexity index is 2080. The predicted octanol–water partition coefficient (Wildman–Crippen LogP) is 3.89. The summed E-state index contributed by atoms with van der Waals surface area (Å²) in [5.74, 6) is 1.25. The molecule has 4 heterocycles. The van der Waals surface area contributed by atoms with Gasteiger partial charge in [-0.25, -0.2) is 4.98 Å². The van der Waals surface area contributed by atoms with Gasteiger partial charge in [-0.1, -0.05) is 12.1 Å². The fourth-order valence-corrected chi connectivity index (χ4v) is 8.76. The van der Waals surface area contributed by atoms with E-state index >= 15 is 0 Å². The van der Waals surface area contributed by atoms with E-state index in [-0.39, 0.29) is 35.5 Å². The normalized spacial score (nSPS) is 22.5. The summed E-state index contributed by atoms with van der Waals surface area (Å²) in [6, 6.07) is 7.32. The number of carbonyl (C=O) groups excluding carboxylic acids is 1. The Morgan fingerprint density at radius 2 is 1.46 bits per heavy atom. The number of ether oxygens (including phenoxy) is 4. The van der Waals surface area contributed by atoms with E-state index in [1.807, 2.05) is 39.1 Å². The van der Waals surface area contributed by atoms with Crippen LogP contribution in [0.25, 0.3) is 11.0 Å². The van der Waals surface area contributed by atoms with Crippen LogP contribution in [0.1, 0.15) is 56.0 Å². The maximum absolute atomic E-state index is 13.7. The number of nitrogens with one attached hydrogen (secondary N) is 1. The maximum Gasteiger partial charge on any atom is 0.271 e. The fraction of sp³-hybridized carbons (Fsp3) is 0.405. The van der Waals surface area contributed by atoms with Crippen LogP contribution in [0.15, 0.2) is 30.5 Å². The molecule has 3 aromatic carbocycles. The van der Waals surface area contributed by atoms with E-state index < -0.39 is 30.1 Å². The molecule has 4 aromatic rings. The zero-order chi connectivity index (χ0) is 35.6. The summed E-state index contributed by atoms with van der Waals surface area (Å²) in [4.78, 5) is 26.9. The number of aromatic hydroxyl groups is 2. The van der Waals surface area contributed by atoms with Gasteiger partial charge in [0.1, 0.15) is 23.2 Å². The molecule has 3 aliphatic rings. The third-order valence-electron chi connectivity index (χ3n) is 10.8. The van der Waals surface area contributed by atoms with Crippen molar-refractivity contribution in [2.75, 3.05) is 42.0 Å². The summed E-state index contributed by atoms with van der Waals surface area (Å²) in [7, 11) is 8.14. The summed E-state index contributed by atoms with van der Waals surface area (Å²) >= 11 is 0. The first-order valence-electron chi connectivity index (χ1n) is 16.4. The van der Waals surface area contributed by atoms with Crippen LogP contribution in [0.2, 0.25) is 0 Å². The number of hydrogen-bond donors (Lipinski definition) is 3. The first-order chi connectivity index (χ1) is 24.1. The number of benzene rings is 3. The Morgan fingerprint density at radius 3 is 2.06 bits per heavy atom. The molecule has 50 heavy (non-hydrogen) atoms. The number of amides is 1. The second kappa shape index (κ2) is 12.5. The van der Waals surface area contributed by atoms with Gasteiger partial charge in [-0.15, -0.1) is 0 Å². The van der Waals surface area contributed by atoms with Gasteiger partial charge < -0.3 is 34.5 Å². The summed E-state index contributed by atoms with van der Waals surface area (Å²) in [6.07, 6.45) is 2.20. The number of hydrogen-bond acceptors (Lipinski definition) is 12. The molecule has 260 valence electrons. The maximum atomic E-state index is 13.7. The summed E-state index contributed by atoms with van der Waals surface area (Å²) in [5.41, 5.74) is 5.44. The molecule has 5 atom stereocenters. The van der Waals surface area contributed by atoms with Crippen molar-refractivity contribution in [3.8, 4) is 40.6 Å². The van der Waals surface area contributed by atoms with Crippen molar-refractivity contribution in [3.63, 3.8) is 0 Å². The van der Waals surface area contributed by atoms with Crippen LogP contribution in [-0.2, 0) is 12.8 Å². The van der Waals surface area contributed by atoms with Gasteiger partial charge in [0, 0.05) is 52.0 Å². The zero-order valence-electron chi connectivity index (χ0n) is 29.1. The number of aromatic nitrogens is 2. The molecule has 13 heteroatoms. The number of para-hydroxylation sites is 2. The Labute approximate surface area is 290 Å². The smallest absolute Gasteiger partial charge is 0.271 e. The van der Waals surface area contributed by atoms with Crippen LogP contribution < -0.4 is 24.3 Å². The molecule has 0 saturated carbocycles. The minimum atomic E-state index is -0.703. The first-order valence-corrected chi connectivity index (χ1v) is 16.4. The second-order valence-corrected chi connectivity index (χ2v) is 13.0. The summed E-state index contributed by atoms with van der Waals surface area (Å²) < 4.78 is 23.3. The van der Waals surface area contributed by atoms with Crippen LogP contribution in [-0.4, -0.2) is 96.0 Å². The van der Waals surface area contributed by atoms with Gasteiger partial charge in [0.15, 0.2) is 23.0 Å². The molecule has 3 N–H and O–H groups in total. The van der Waals surface area contributed by atoms with Crippen molar-refractivity contribution >= 4 is 16.9 Å². The number of likely N-dealkylation sites (N-methyl/N-ethyl adjacent to an activating group) is 1. The molecule has 3 aliphatic heterocycles. The highest BCUT2D eigenvalue weighted by molar-refractivity contribution is 5.93. The number of phenolic OH excluding ortho intramolecular Hbond substituents is 2. The number of phenols is 2. The summed E-state index contributed by atoms with van der Waals surface area (Å²) in [5, 5.41) is 37.7.